The van der Waals surface area contributed by atoms with Crippen molar-refractivity contribution in [2.75, 3.05) is 14.2 Å². The highest BCUT2D eigenvalue weighted by molar-refractivity contribution is 9.10. The number of hydrogen-bond acceptors (Lipinski definition) is 3. The first-order chi connectivity index (χ1) is 9.65. The molecule has 2 saturated heterocycles. The Labute approximate surface area is 129 Å². The molecule has 2 fully saturated rings. The lowest BCUT2D eigenvalue weighted by molar-refractivity contribution is 0.166. The highest BCUT2D eigenvalue weighted by Gasteiger charge is 2.34. The summed E-state index contributed by atoms with van der Waals surface area (Å²) in [7, 11) is 3.96. The maximum absolute atomic E-state index is 5.29. The maximum atomic E-state index is 5.29. The second-order valence-electron chi connectivity index (χ2n) is 6.15. The molecule has 110 valence electrons. The molecule has 3 nitrogen and oxygen atoms in total. The standard InChI is InChI=1S/C16H23BrN2O/c1-19(14-8-12-4-5-13(9-14)18-12)10-11-3-6-16(20-2)15(17)7-11/h3,6-7,12-14,18H,4-5,8-10H2,1-2H3. The Morgan fingerprint density at radius 3 is 2.60 bits per heavy atom. The number of rotatable bonds is 4. The summed E-state index contributed by atoms with van der Waals surface area (Å²) in [4.78, 5) is 2.51. The van der Waals surface area contributed by atoms with E-state index in [-0.39, 0.29) is 0 Å². The molecule has 2 unspecified atom stereocenters. The van der Waals surface area contributed by atoms with Crippen LogP contribution in [0.1, 0.15) is 31.2 Å². The quantitative estimate of drug-likeness (QED) is 0.912. The van der Waals surface area contributed by atoms with Crippen LogP contribution in [0.3, 0.4) is 0 Å². The molecule has 0 saturated carbocycles. The Morgan fingerprint density at radius 1 is 1.30 bits per heavy atom. The highest BCUT2D eigenvalue weighted by atomic mass is 79.9. The molecule has 0 radical (unpaired) electrons. The number of hydrogen-bond donors (Lipinski definition) is 1. The van der Waals surface area contributed by atoms with Gasteiger partial charge in [0, 0.05) is 24.7 Å². The molecule has 2 heterocycles. The number of methoxy groups -OCH3 is 1. The van der Waals surface area contributed by atoms with E-state index >= 15 is 0 Å². The van der Waals surface area contributed by atoms with E-state index in [4.69, 9.17) is 4.74 Å². The summed E-state index contributed by atoms with van der Waals surface area (Å²) in [5, 5.41) is 3.71. The minimum absolute atomic E-state index is 0.717. The van der Waals surface area contributed by atoms with Crippen molar-refractivity contribution in [1.82, 2.24) is 10.2 Å². The van der Waals surface area contributed by atoms with E-state index in [1.54, 1.807) is 7.11 Å². The fraction of sp³-hybridized carbons (Fsp3) is 0.625. The smallest absolute Gasteiger partial charge is 0.133 e. The van der Waals surface area contributed by atoms with Crippen molar-refractivity contribution in [2.24, 2.45) is 0 Å². The molecule has 0 spiro atoms. The molecule has 1 aromatic carbocycles. The van der Waals surface area contributed by atoms with Gasteiger partial charge < -0.3 is 10.1 Å². The van der Waals surface area contributed by atoms with Gasteiger partial charge in [-0.3, -0.25) is 4.90 Å². The van der Waals surface area contributed by atoms with E-state index in [0.717, 1.165) is 34.9 Å². The maximum Gasteiger partial charge on any atom is 0.133 e. The Hall–Kier alpha value is -0.580. The molecule has 3 rings (SSSR count). The molecule has 2 aliphatic heterocycles. The lowest BCUT2D eigenvalue weighted by Crippen LogP contribution is -2.46. The number of nitrogens with one attached hydrogen (secondary N) is 1. The molecule has 0 aliphatic carbocycles. The van der Waals surface area contributed by atoms with Gasteiger partial charge in [0.25, 0.3) is 0 Å². The van der Waals surface area contributed by atoms with Crippen molar-refractivity contribution in [3.8, 4) is 5.75 Å². The van der Waals surface area contributed by atoms with Gasteiger partial charge in [-0.15, -0.1) is 0 Å². The Balaban J connectivity index is 1.63. The van der Waals surface area contributed by atoms with Crippen LogP contribution >= 0.6 is 15.9 Å². The third kappa shape index (κ3) is 3.02. The van der Waals surface area contributed by atoms with Crippen LogP contribution in [0.15, 0.2) is 22.7 Å². The van der Waals surface area contributed by atoms with E-state index in [1.165, 1.54) is 31.2 Å². The minimum atomic E-state index is 0.717. The third-order valence-electron chi connectivity index (χ3n) is 4.72. The van der Waals surface area contributed by atoms with Gasteiger partial charge in [0.1, 0.15) is 5.75 Å². The number of ether oxygens (including phenoxy) is 1. The van der Waals surface area contributed by atoms with Gasteiger partial charge in [-0.25, -0.2) is 0 Å². The van der Waals surface area contributed by atoms with Gasteiger partial charge in [0.15, 0.2) is 0 Å². The van der Waals surface area contributed by atoms with Crippen molar-refractivity contribution in [1.29, 1.82) is 0 Å². The summed E-state index contributed by atoms with van der Waals surface area (Å²) in [6.07, 6.45) is 5.32. The van der Waals surface area contributed by atoms with Crippen molar-refractivity contribution in [3.63, 3.8) is 0 Å². The lowest BCUT2D eigenvalue weighted by Gasteiger charge is -2.35. The van der Waals surface area contributed by atoms with Crippen LogP contribution in [0.25, 0.3) is 0 Å². The molecule has 2 aliphatic rings. The summed E-state index contributed by atoms with van der Waals surface area (Å²) in [5.74, 6) is 0.899. The van der Waals surface area contributed by atoms with E-state index in [9.17, 15) is 0 Å². The first-order valence-electron chi connectivity index (χ1n) is 7.44. The summed E-state index contributed by atoms with van der Waals surface area (Å²) in [5.41, 5.74) is 1.34. The number of nitrogens with zero attached hydrogens (tertiary/aromatic N) is 1. The van der Waals surface area contributed by atoms with Crippen LogP contribution in [0.5, 0.6) is 5.75 Å². The molecule has 1 N–H and O–H groups in total. The van der Waals surface area contributed by atoms with E-state index in [2.05, 4.69) is 45.3 Å². The lowest BCUT2D eigenvalue weighted by atomic mass is 9.98. The second-order valence-corrected chi connectivity index (χ2v) is 7.00. The van der Waals surface area contributed by atoms with Gasteiger partial charge in [0.2, 0.25) is 0 Å². The van der Waals surface area contributed by atoms with Gasteiger partial charge >= 0.3 is 0 Å². The normalized spacial score (nSPS) is 28.9. The van der Waals surface area contributed by atoms with Crippen LogP contribution in [0, 0.1) is 0 Å². The van der Waals surface area contributed by atoms with Crippen LogP contribution in [0.4, 0.5) is 0 Å². The van der Waals surface area contributed by atoms with Crippen LogP contribution in [-0.4, -0.2) is 37.2 Å². The van der Waals surface area contributed by atoms with E-state index in [1.807, 2.05) is 6.07 Å². The van der Waals surface area contributed by atoms with Crippen LogP contribution in [-0.2, 0) is 6.54 Å². The predicted molar refractivity (Wildman–Crippen MR) is 85.1 cm³/mol. The molecule has 1 aromatic rings. The third-order valence-corrected chi connectivity index (χ3v) is 5.34. The number of piperidine rings is 1. The fourth-order valence-corrected chi connectivity index (χ4v) is 4.20. The summed E-state index contributed by atoms with van der Waals surface area (Å²) < 4.78 is 6.33. The SMILES string of the molecule is COc1ccc(CN(C)C2CC3CCC(C2)N3)cc1Br. The number of benzene rings is 1. The molecule has 0 amide bonds. The average molecular weight is 339 g/mol. The molecule has 2 atom stereocenters. The fourth-order valence-electron chi connectivity index (χ4n) is 3.61. The number of fused-ring (bicyclic) bond motifs is 2. The van der Waals surface area contributed by atoms with Gasteiger partial charge in [-0.2, -0.15) is 0 Å². The van der Waals surface area contributed by atoms with E-state index < -0.39 is 0 Å². The van der Waals surface area contributed by atoms with Gasteiger partial charge in [0.05, 0.1) is 11.6 Å². The average Bonchev–Trinajstić information content (AvgIpc) is 2.77. The summed E-state index contributed by atoms with van der Waals surface area (Å²) >= 11 is 3.57. The summed E-state index contributed by atoms with van der Waals surface area (Å²) in [6, 6.07) is 8.60. The number of halogens is 1. The zero-order chi connectivity index (χ0) is 14.1. The highest BCUT2D eigenvalue weighted by Crippen LogP contribution is 2.31. The van der Waals surface area contributed by atoms with Crippen molar-refractivity contribution in [2.45, 2.75) is 50.4 Å². The van der Waals surface area contributed by atoms with Gasteiger partial charge in [-0.1, -0.05) is 6.07 Å². The Kier molecular flexibility index (Phi) is 4.34. The largest absolute Gasteiger partial charge is 0.496 e. The van der Waals surface area contributed by atoms with Crippen molar-refractivity contribution < 1.29 is 4.74 Å². The van der Waals surface area contributed by atoms with E-state index in [0.29, 0.717) is 0 Å². The molecular formula is C16H23BrN2O. The van der Waals surface area contributed by atoms with Crippen molar-refractivity contribution >= 4 is 15.9 Å². The predicted octanol–water partition coefficient (Wildman–Crippen LogP) is 3.17. The first kappa shape index (κ1) is 14.4. The zero-order valence-corrected chi connectivity index (χ0v) is 13.8. The Bertz CT molecular complexity index is 468. The van der Waals surface area contributed by atoms with Crippen LogP contribution in [0.2, 0.25) is 0 Å². The zero-order valence-electron chi connectivity index (χ0n) is 12.2. The molecule has 2 bridgehead atoms. The molecule has 0 aromatic heterocycles. The summed E-state index contributed by atoms with van der Waals surface area (Å²) in [6.45, 7) is 1.01. The van der Waals surface area contributed by atoms with Crippen LogP contribution < -0.4 is 10.1 Å². The first-order valence-corrected chi connectivity index (χ1v) is 8.23. The Morgan fingerprint density at radius 2 is 2.00 bits per heavy atom. The second kappa shape index (κ2) is 6.04. The molecular weight excluding hydrogens is 316 g/mol. The van der Waals surface area contributed by atoms with Gasteiger partial charge in [-0.05, 0) is 66.4 Å². The minimum Gasteiger partial charge on any atom is -0.496 e. The monoisotopic (exact) mass is 338 g/mol. The molecule has 20 heavy (non-hydrogen) atoms. The topological polar surface area (TPSA) is 24.5 Å². The molecule has 4 heteroatoms. The van der Waals surface area contributed by atoms with Crippen molar-refractivity contribution in [3.05, 3.63) is 28.2 Å².